The third-order valence-corrected chi connectivity index (χ3v) is 1.21. The van der Waals surface area contributed by atoms with Crippen LogP contribution < -0.4 is 11.4 Å². The molecule has 0 atom stereocenters. The average molecular weight is 156 g/mol. The second-order valence-corrected chi connectivity index (χ2v) is 1.96. The fourth-order valence-corrected chi connectivity index (χ4v) is 0.682. The number of hydrogen-bond donors (Lipinski definition) is 2. The van der Waals surface area contributed by atoms with Crippen LogP contribution in [0.1, 0.15) is 17.5 Å². The number of rotatable bonds is 2. The van der Waals surface area contributed by atoms with Crippen LogP contribution in [0, 0.1) is 0 Å². The molecule has 0 radical (unpaired) electrons. The van der Waals surface area contributed by atoms with Crippen molar-refractivity contribution in [3.05, 3.63) is 16.3 Å². The van der Waals surface area contributed by atoms with Crippen molar-refractivity contribution >= 4 is 5.91 Å². The summed E-state index contributed by atoms with van der Waals surface area (Å²) >= 11 is 0. The van der Waals surface area contributed by atoms with E-state index >= 15 is 0 Å². The van der Waals surface area contributed by atoms with E-state index in [4.69, 9.17) is 5.73 Å². The van der Waals surface area contributed by atoms with Crippen molar-refractivity contribution in [2.45, 2.75) is 13.5 Å². The van der Waals surface area contributed by atoms with Crippen molar-refractivity contribution in [2.75, 3.05) is 0 Å². The molecule has 0 aliphatic heterocycles. The number of hydrogen-bond acceptors (Lipinski definition) is 3. The van der Waals surface area contributed by atoms with Crippen molar-refractivity contribution in [3.63, 3.8) is 0 Å². The molecule has 3 N–H and O–H groups in total. The molecule has 0 aliphatic rings. The van der Waals surface area contributed by atoms with Gasteiger partial charge in [0.1, 0.15) is 0 Å². The monoisotopic (exact) mass is 156 g/mol. The molecule has 0 unspecified atom stereocenters. The maximum absolute atomic E-state index is 10.8. The molecule has 0 aromatic carbocycles. The summed E-state index contributed by atoms with van der Waals surface area (Å²) in [5.41, 5.74) is 4.45. The van der Waals surface area contributed by atoms with E-state index in [-0.39, 0.29) is 5.82 Å². The van der Waals surface area contributed by atoms with Gasteiger partial charge in [-0.05, 0) is 6.92 Å². The van der Waals surface area contributed by atoms with Crippen molar-refractivity contribution in [1.82, 2.24) is 14.8 Å². The molecule has 6 nitrogen and oxygen atoms in total. The molecule has 60 valence electrons. The standard InChI is InChI=1S/C5H8N4O2/c1-2-9-5(11)7-4(8-9)3(6)10/h2H2,1H3,(H2,6,10)(H,7,8,11). The quantitative estimate of drug-likeness (QED) is 0.556. The smallest absolute Gasteiger partial charge is 0.343 e. The summed E-state index contributed by atoms with van der Waals surface area (Å²) in [6.45, 7) is 2.16. The van der Waals surface area contributed by atoms with Gasteiger partial charge >= 0.3 is 5.69 Å². The third kappa shape index (κ3) is 1.28. The van der Waals surface area contributed by atoms with Crippen molar-refractivity contribution in [2.24, 2.45) is 5.73 Å². The van der Waals surface area contributed by atoms with Gasteiger partial charge in [-0.2, -0.15) is 0 Å². The Kier molecular flexibility index (Phi) is 1.75. The number of H-pyrrole nitrogens is 1. The number of aromatic nitrogens is 3. The number of nitrogens with one attached hydrogen (secondary N) is 1. The number of aryl methyl sites for hydroxylation is 1. The Morgan fingerprint density at radius 2 is 2.45 bits per heavy atom. The number of primary amides is 1. The molecule has 0 saturated heterocycles. The second-order valence-electron chi connectivity index (χ2n) is 1.96. The van der Waals surface area contributed by atoms with E-state index in [1.54, 1.807) is 6.92 Å². The van der Waals surface area contributed by atoms with Crippen LogP contribution in [-0.4, -0.2) is 20.7 Å². The normalized spacial score (nSPS) is 9.91. The number of nitrogens with zero attached hydrogens (tertiary/aromatic N) is 2. The number of nitrogens with two attached hydrogens (primary N) is 1. The molecule has 1 rings (SSSR count). The Morgan fingerprint density at radius 3 is 2.73 bits per heavy atom. The zero-order valence-corrected chi connectivity index (χ0v) is 6.00. The summed E-state index contributed by atoms with van der Waals surface area (Å²) < 4.78 is 1.13. The van der Waals surface area contributed by atoms with Crippen LogP contribution in [0.15, 0.2) is 4.79 Å². The van der Waals surface area contributed by atoms with Crippen molar-refractivity contribution < 1.29 is 4.79 Å². The highest BCUT2D eigenvalue weighted by molar-refractivity contribution is 5.88. The molecule has 1 heterocycles. The summed E-state index contributed by atoms with van der Waals surface area (Å²) in [5, 5.41) is 3.60. The molecule has 0 bridgehead atoms. The maximum Gasteiger partial charge on any atom is 0.343 e. The van der Waals surface area contributed by atoms with Gasteiger partial charge in [0.25, 0.3) is 5.91 Å². The summed E-state index contributed by atoms with van der Waals surface area (Å²) in [6.07, 6.45) is 0. The van der Waals surface area contributed by atoms with Crippen LogP contribution in [0.2, 0.25) is 0 Å². The number of amides is 1. The lowest BCUT2D eigenvalue weighted by Crippen LogP contribution is -2.16. The van der Waals surface area contributed by atoms with E-state index in [0.29, 0.717) is 6.54 Å². The van der Waals surface area contributed by atoms with E-state index in [9.17, 15) is 9.59 Å². The lowest BCUT2D eigenvalue weighted by Gasteiger charge is -1.86. The number of carbonyl (C=O) groups excluding carboxylic acids is 1. The lowest BCUT2D eigenvalue weighted by atomic mass is 10.6. The molecule has 11 heavy (non-hydrogen) atoms. The fraction of sp³-hybridized carbons (Fsp3) is 0.400. The zero-order chi connectivity index (χ0) is 8.43. The van der Waals surface area contributed by atoms with Gasteiger partial charge in [0, 0.05) is 6.54 Å². The molecule has 6 heteroatoms. The van der Waals surface area contributed by atoms with E-state index in [1.807, 2.05) is 0 Å². The average Bonchev–Trinajstić information content (AvgIpc) is 2.31. The molecule has 0 aliphatic carbocycles. The Hall–Kier alpha value is -1.59. The highest BCUT2D eigenvalue weighted by atomic mass is 16.2. The number of carbonyl (C=O) groups is 1. The molecule has 0 spiro atoms. The first-order valence-corrected chi connectivity index (χ1v) is 3.12. The van der Waals surface area contributed by atoms with Crippen molar-refractivity contribution in [1.29, 1.82) is 0 Å². The Labute approximate surface area is 62.0 Å². The first kappa shape index (κ1) is 7.52. The van der Waals surface area contributed by atoms with Gasteiger partial charge in [0.15, 0.2) is 0 Å². The fourth-order valence-electron chi connectivity index (χ4n) is 0.682. The van der Waals surface area contributed by atoms with Crippen LogP contribution in [-0.2, 0) is 6.54 Å². The Bertz CT molecular complexity index is 323. The third-order valence-electron chi connectivity index (χ3n) is 1.21. The lowest BCUT2D eigenvalue weighted by molar-refractivity contribution is 0.0990. The largest absolute Gasteiger partial charge is 0.363 e. The van der Waals surface area contributed by atoms with Gasteiger partial charge in [0.05, 0.1) is 0 Å². The molecular formula is C5H8N4O2. The van der Waals surface area contributed by atoms with E-state index < -0.39 is 11.6 Å². The highest BCUT2D eigenvalue weighted by Crippen LogP contribution is 1.81. The van der Waals surface area contributed by atoms with Crippen LogP contribution in [0.5, 0.6) is 0 Å². The summed E-state index contributed by atoms with van der Waals surface area (Å²) in [5.74, 6) is -0.828. The second kappa shape index (κ2) is 2.57. The molecular weight excluding hydrogens is 148 g/mol. The predicted octanol–water partition coefficient (Wildman–Crippen LogP) is -1.31. The molecule has 0 saturated carbocycles. The van der Waals surface area contributed by atoms with Gasteiger partial charge in [-0.25, -0.2) is 9.48 Å². The SMILES string of the molecule is CCn1nc(C(N)=O)[nH]c1=O. The van der Waals surface area contributed by atoms with Crippen LogP contribution in [0.4, 0.5) is 0 Å². The first-order chi connectivity index (χ1) is 5.15. The minimum absolute atomic E-state index is 0.100. The summed E-state index contributed by atoms with van der Waals surface area (Å²) in [7, 11) is 0. The Morgan fingerprint density at radius 1 is 1.82 bits per heavy atom. The predicted molar refractivity (Wildman–Crippen MR) is 37.0 cm³/mol. The van der Waals surface area contributed by atoms with Gasteiger partial charge in [-0.3, -0.25) is 9.78 Å². The van der Waals surface area contributed by atoms with E-state index in [2.05, 4.69) is 10.1 Å². The zero-order valence-electron chi connectivity index (χ0n) is 6.00. The van der Waals surface area contributed by atoms with Crippen molar-refractivity contribution in [3.8, 4) is 0 Å². The molecule has 1 aromatic rings. The Balaban J connectivity index is 3.15. The van der Waals surface area contributed by atoms with Gasteiger partial charge in [0.2, 0.25) is 5.82 Å². The maximum atomic E-state index is 10.8. The van der Waals surface area contributed by atoms with Crippen LogP contribution in [0.25, 0.3) is 0 Å². The minimum Gasteiger partial charge on any atom is -0.363 e. The number of aromatic amines is 1. The van der Waals surface area contributed by atoms with Gasteiger partial charge in [-0.15, -0.1) is 5.10 Å². The first-order valence-electron chi connectivity index (χ1n) is 3.12. The van der Waals surface area contributed by atoms with Gasteiger partial charge < -0.3 is 5.73 Å². The molecule has 1 amide bonds. The molecule has 1 aromatic heterocycles. The van der Waals surface area contributed by atoms with E-state index in [0.717, 1.165) is 4.68 Å². The highest BCUT2D eigenvalue weighted by Gasteiger charge is 2.07. The molecule has 0 fully saturated rings. The summed E-state index contributed by atoms with van der Waals surface area (Å²) in [6, 6.07) is 0. The summed E-state index contributed by atoms with van der Waals surface area (Å²) in [4.78, 5) is 23.5. The van der Waals surface area contributed by atoms with Gasteiger partial charge in [-0.1, -0.05) is 0 Å². The van der Waals surface area contributed by atoms with E-state index in [1.165, 1.54) is 0 Å². The minimum atomic E-state index is -0.727. The van der Waals surface area contributed by atoms with Crippen LogP contribution in [0.3, 0.4) is 0 Å². The van der Waals surface area contributed by atoms with Crippen LogP contribution >= 0.6 is 0 Å². The topological polar surface area (TPSA) is 93.8 Å².